The van der Waals surface area contributed by atoms with Crippen LogP contribution in [0, 0.1) is 5.92 Å². The van der Waals surface area contributed by atoms with Crippen molar-refractivity contribution in [2.24, 2.45) is 5.92 Å². The van der Waals surface area contributed by atoms with E-state index in [1.807, 2.05) is 60.7 Å². The Morgan fingerprint density at radius 2 is 1.34 bits per heavy atom. The molecule has 1 fully saturated rings. The van der Waals surface area contributed by atoms with E-state index in [1.165, 1.54) is 10.4 Å². The summed E-state index contributed by atoms with van der Waals surface area (Å²) in [5.41, 5.74) is 1.57. The van der Waals surface area contributed by atoms with Gasteiger partial charge in [0.05, 0.1) is 19.3 Å². The molecule has 0 bridgehead atoms. The maximum atomic E-state index is 14.5. The molecule has 12 heteroatoms. The van der Waals surface area contributed by atoms with Crippen LogP contribution in [0.25, 0.3) is 10.3 Å². The van der Waals surface area contributed by atoms with E-state index in [-0.39, 0.29) is 50.4 Å². The number of ether oxygens (including phenoxy) is 2. The van der Waals surface area contributed by atoms with Gasteiger partial charge in [0.1, 0.15) is 22.2 Å². The zero-order valence-electron chi connectivity index (χ0n) is 37.9. The second-order valence-corrected chi connectivity index (χ2v) is 23.3. The van der Waals surface area contributed by atoms with Crippen LogP contribution in [0.1, 0.15) is 70.4 Å². The van der Waals surface area contributed by atoms with Crippen LogP contribution >= 0.6 is 11.3 Å². The molecular formula is C52H59N5O5SSi. The second kappa shape index (κ2) is 18.5. The first-order chi connectivity index (χ1) is 30.8. The monoisotopic (exact) mass is 893 g/mol. The lowest BCUT2D eigenvalue weighted by Gasteiger charge is -2.46. The minimum Gasteiger partial charge on any atom is -0.497 e. The lowest BCUT2D eigenvalue weighted by atomic mass is 9.77. The molecule has 332 valence electrons. The molecule has 2 N–H and O–H groups in total. The Balaban J connectivity index is 1.25. The molecule has 5 aromatic carbocycles. The second-order valence-electron chi connectivity index (χ2n) is 18.0. The van der Waals surface area contributed by atoms with E-state index in [9.17, 15) is 9.59 Å². The van der Waals surface area contributed by atoms with Crippen molar-refractivity contribution in [3.8, 4) is 5.75 Å². The van der Waals surface area contributed by atoms with Gasteiger partial charge in [0.15, 0.2) is 5.65 Å². The number of aromatic amines is 1. The first-order valence-electron chi connectivity index (χ1n) is 22.1. The van der Waals surface area contributed by atoms with Gasteiger partial charge in [0.25, 0.3) is 13.9 Å². The Labute approximate surface area is 381 Å². The minimum absolute atomic E-state index is 0.000644. The molecule has 1 aliphatic heterocycles. The van der Waals surface area contributed by atoms with Gasteiger partial charge in [-0.3, -0.25) is 19.1 Å². The Hall–Kier alpha value is -5.63. The summed E-state index contributed by atoms with van der Waals surface area (Å²) in [5.74, 6) is 0.783. The van der Waals surface area contributed by atoms with Crippen molar-refractivity contribution in [2.45, 2.75) is 82.5 Å². The number of rotatable bonds is 15. The molecule has 8 rings (SSSR count). The summed E-state index contributed by atoms with van der Waals surface area (Å²) in [6.45, 7) is 11.2. The highest BCUT2D eigenvalue weighted by Crippen LogP contribution is 2.45. The smallest absolute Gasteiger partial charge is 0.311 e. The topological polar surface area (TPSA) is 111 Å². The summed E-state index contributed by atoms with van der Waals surface area (Å²) < 4.78 is 22.4. The third-order valence-electron chi connectivity index (χ3n) is 13.2. The number of H-pyrrole nitrogens is 1. The van der Waals surface area contributed by atoms with Gasteiger partial charge in [-0.1, -0.05) is 172 Å². The molecule has 1 aliphatic rings. The summed E-state index contributed by atoms with van der Waals surface area (Å²) >= 11 is 0.899. The normalized spacial score (nSPS) is 18.0. The molecule has 0 aliphatic carbocycles. The van der Waals surface area contributed by atoms with Crippen LogP contribution in [0.3, 0.4) is 0 Å². The largest absolute Gasteiger partial charge is 0.497 e. The number of thiazole rings is 1. The molecule has 2 aromatic heterocycles. The van der Waals surface area contributed by atoms with E-state index in [0.29, 0.717) is 18.6 Å². The summed E-state index contributed by atoms with van der Waals surface area (Å²) in [5, 5.41) is 5.86. The fourth-order valence-corrected chi connectivity index (χ4v) is 15.3. The van der Waals surface area contributed by atoms with Gasteiger partial charge in [-0.2, -0.15) is 4.98 Å². The van der Waals surface area contributed by atoms with Crippen molar-refractivity contribution in [3.63, 3.8) is 0 Å². The van der Waals surface area contributed by atoms with Crippen molar-refractivity contribution in [2.75, 3.05) is 26.5 Å². The third kappa shape index (κ3) is 8.18. The number of hydrogen-bond donors (Lipinski definition) is 2. The standard InChI is InChI=1S/C52H59N5O5SSi/c1-9-43(62-64(51(3,4)5,40-26-18-12-19-27-40)41-28-20-13-21-29-41)44-34-42(35(2)56(6)7)48(61-44)57-46-45(63-50(57)59)47(58)54-49(53-46)55-52(36-22-14-10-15-23-36,37-24-16-11-17-25-37)38-30-32-39(60-8)33-31-38/h10-33,35,42-44,48H,9,34H2,1-8H3,(H2,53,54,55,58)/t35?,42-,43?,44-,48+/m0/s1. The Bertz CT molecular complexity index is 2680. The quantitative estimate of drug-likeness (QED) is 0.0777. The molecule has 3 heterocycles. The van der Waals surface area contributed by atoms with Crippen molar-refractivity contribution in [1.29, 1.82) is 0 Å². The molecule has 2 unspecified atom stereocenters. The van der Waals surface area contributed by atoms with Crippen molar-refractivity contribution in [1.82, 2.24) is 19.4 Å². The Morgan fingerprint density at radius 3 is 1.83 bits per heavy atom. The van der Waals surface area contributed by atoms with Gasteiger partial charge in [-0.25, -0.2) is 0 Å². The number of hydrogen-bond acceptors (Lipinski definition) is 9. The maximum Gasteiger partial charge on any atom is 0.311 e. The Kier molecular flexibility index (Phi) is 13.0. The zero-order chi connectivity index (χ0) is 45.2. The molecule has 0 radical (unpaired) electrons. The van der Waals surface area contributed by atoms with Crippen molar-refractivity contribution in [3.05, 3.63) is 182 Å². The van der Waals surface area contributed by atoms with E-state index in [1.54, 1.807) is 11.7 Å². The van der Waals surface area contributed by atoms with Gasteiger partial charge in [0, 0.05) is 12.0 Å². The first kappa shape index (κ1) is 45.0. The van der Waals surface area contributed by atoms with Crippen molar-refractivity contribution < 1.29 is 13.9 Å². The molecule has 7 aromatic rings. The van der Waals surface area contributed by atoms with Crippen molar-refractivity contribution >= 4 is 46.3 Å². The fourth-order valence-electron chi connectivity index (χ4n) is 9.69. The van der Waals surface area contributed by atoms with Gasteiger partial charge < -0.3 is 24.1 Å². The van der Waals surface area contributed by atoms with Crippen LogP contribution in [0.5, 0.6) is 5.75 Å². The van der Waals surface area contributed by atoms with E-state index in [0.717, 1.165) is 28.0 Å². The van der Waals surface area contributed by atoms with E-state index in [2.05, 4.69) is 149 Å². The highest BCUT2D eigenvalue weighted by Gasteiger charge is 2.54. The molecule has 0 spiro atoms. The average molecular weight is 894 g/mol. The minimum atomic E-state index is -2.97. The lowest BCUT2D eigenvalue weighted by molar-refractivity contribution is -0.0646. The molecule has 10 nitrogen and oxygen atoms in total. The fraction of sp³-hybridized carbons (Fsp3) is 0.327. The number of fused-ring (bicyclic) bond motifs is 1. The molecule has 5 atom stereocenters. The van der Waals surface area contributed by atoms with Gasteiger partial charge in [-0.05, 0) is 78.1 Å². The molecule has 64 heavy (non-hydrogen) atoms. The molecule has 0 amide bonds. The molecule has 0 saturated carbocycles. The van der Waals surface area contributed by atoms with Crippen LogP contribution in [-0.4, -0.2) is 67.2 Å². The SMILES string of the molecule is CCC(O[Si](c1ccccc1)(c1ccccc1)C(C)(C)C)[C@@H]1C[C@@H](C(C)N(C)C)[C@H](n2c(=O)sc3c(=O)[nH]c(NC(c4ccccc4)(c4ccccc4)c4ccc(OC)cc4)nc32)O1. The number of anilines is 1. The number of nitrogens with zero attached hydrogens (tertiary/aromatic N) is 3. The number of benzene rings is 5. The van der Waals surface area contributed by atoms with Crippen LogP contribution in [0.4, 0.5) is 5.95 Å². The van der Waals surface area contributed by atoms with Crippen LogP contribution in [-0.2, 0) is 14.7 Å². The van der Waals surface area contributed by atoms with Crippen LogP contribution < -0.4 is 30.9 Å². The average Bonchev–Trinajstić information content (AvgIpc) is 3.89. The van der Waals surface area contributed by atoms with Gasteiger partial charge in [0.2, 0.25) is 5.95 Å². The zero-order valence-corrected chi connectivity index (χ0v) is 39.8. The van der Waals surface area contributed by atoms with Gasteiger partial charge >= 0.3 is 4.87 Å². The molecular weight excluding hydrogens is 835 g/mol. The highest BCUT2D eigenvalue weighted by molar-refractivity contribution is 7.16. The predicted octanol–water partition coefficient (Wildman–Crippen LogP) is 8.77. The highest BCUT2D eigenvalue weighted by atomic mass is 32.1. The van der Waals surface area contributed by atoms with E-state index < -0.39 is 25.6 Å². The van der Waals surface area contributed by atoms with Gasteiger partial charge in [-0.15, -0.1) is 0 Å². The molecule has 1 saturated heterocycles. The Morgan fingerprint density at radius 1 is 0.828 bits per heavy atom. The maximum absolute atomic E-state index is 14.5. The number of nitrogens with one attached hydrogen (secondary N) is 2. The van der Waals surface area contributed by atoms with Crippen LogP contribution in [0.15, 0.2) is 155 Å². The summed E-state index contributed by atoms with van der Waals surface area (Å²) in [7, 11) is 2.78. The predicted molar refractivity (Wildman–Crippen MR) is 262 cm³/mol. The number of aromatic nitrogens is 3. The van der Waals surface area contributed by atoms with Crippen LogP contribution in [0.2, 0.25) is 5.04 Å². The van der Waals surface area contributed by atoms with E-state index >= 15 is 0 Å². The third-order valence-corrected chi connectivity index (χ3v) is 19.2. The van der Waals surface area contributed by atoms with E-state index in [4.69, 9.17) is 18.9 Å². The lowest BCUT2D eigenvalue weighted by Crippen LogP contribution is -2.68. The first-order valence-corrected chi connectivity index (χ1v) is 24.8. The summed E-state index contributed by atoms with van der Waals surface area (Å²) in [6.07, 6.45) is -0.0462. The summed E-state index contributed by atoms with van der Waals surface area (Å²) in [6, 6.07) is 49.4. The summed E-state index contributed by atoms with van der Waals surface area (Å²) in [4.78, 5) is 38.8. The number of methoxy groups -OCH3 is 1.